The number of hydrogen-bond acceptors (Lipinski definition) is 1. The predicted octanol–water partition coefficient (Wildman–Crippen LogP) is 3.84. The summed E-state index contributed by atoms with van der Waals surface area (Å²) in [6.45, 7) is 9.77. The minimum atomic E-state index is 0.689. The van der Waals surface area contributed by atoms with E-state index in [1.54, 1.807) is 5.56 Å². The van der Waals surface area contributed by atoms with Gasteiger partial charge in [0.25, 0.3) is 0 Å². The SMILES string of the molecule is CCC.CCC1Cc2c(C)cccc2CN1. The lowest BCUT2D eigenvalue weighted by molar-refractivity contribution is 0.466. The minimum Gasteiger partial charge on any atom is -0.310 e. The molecule has 0 spiro atoms. The van der Waals surface area contributed by atoms with Gasteiger partial charge in [-0.25, -0.2) is 0 Å². The van der Waals surface area contributed by atoms with E-state index in [4.69, 9.17) is 0 Å². The van der Waals surface area contributed by atoms with Crippen LogP contribution in [0.4, 0.5) is 0 Å². The summed E-state index contributed by atoms with van der Waals surface area (Å²) in [5, 5.41) is 3.55. The van der Waals surface area contributed by atoms with Gasteiger partial charge in [0, 0.05) is 12.6 Å². The molecule has 0 bridgehead atoms. The molecule has 1 atom stereocenters. The fraction of sp³-hybridized carbons (Fsp3) is 0.600. The van der Waals surface area contributed by atoms with Crippen molar-refractivity contribution in [1.82, 2.24) is 5.32 Å². The first-order valence-corrected chi connectivity index (χ1v) is 6.53. The molecule has 1 nitrogen and oxygen atoms in total. The molecule has 0 radical (unpaired) electrons. The maximum absolute atomic E-state index is 3.55. The van der Waals surface area contributed by atoms with Crippen LogP contribution in [-0.2, 0) is 13.0 Å². The Bertz CT molecular complexity index is 317. The molecule has 1 heterocycles. The van der Waals surface area contributed by atoms with Crippen LogP contribution < -0.4 is 5.32 Å². The number of rotatable bonds is 1. The molecule has 0 aromatic heterocycles. The number of benzene rings is 1. The van der Waals surface area contributed by atoms with Crippen LogP contribution >= 0.6 is 0 Å². The summed E-state index contributed by atoms with van der Waals surface area (Å²) >= 11 is 0. The lowest BCUT2D eigenvalue weighted by Gasteiger charge is -2.26. The van der Waals surface area contributed by atoms with Crippen LogP contribution in [0.3, 0.4) is 0 Å². The van der Waals surface area contributed by atoms with Crippen molar-refractivity contribution in [3.63, 3.8) is 0 Å². The fourth-order valence-electron chi connectivity index (χ4n) is 2.08. The van der Waals surface area contributed by atoms with Gasteiger partial charge in [0.2, 0.25) is 0 Å². The molecular formula is C15H25N. The van der Waals surface area contributed by atoms with E-state index in [0.717, 1.165) is 6.54 Å². The number of fused-ring (bicyclic) bond motifs is 1. The summed E-state index contributed by atoms with van der Waals surface area (Å²) < 4.78 is 0. The third kappa shape index (κ3) is 3.34. The van der Waals surface area contributed by atoms with Crippen LogP contribution in [0.1, 0.15) is 50.3 Å². The molecule has 1 N–H and O–H groups in total. The smallest absolute Gasteiger partial charge is 0.0211 e. The topological polar surface area (TPSA) is 12.0 Å². The zero-order chi connectivity index (χ0) is 12.0. The highest BCUT2D eigenvalue weighted by atomic mass is 14.9. The van der Waals surface area contributed by atoms with E-state index in [2.05, 4.69) is 51.2 Å². The zero-order valence-corrected chi connectivity index (χ0v) is 11.1. The van der Waals surface area contributed by atoms with Gasteiger partial charge in [-0.15, -0.1) is 0 Å². The Hall–Kier alpha value is -0.820. The van der Waals surface area contributed by atoms with Crippen LogP contribution in [0, 0.1) is 6.92 Å². The van der Waals surface area contributed by atoms with E-state index >= 15 is 0 Å². The summed E-state index contributed by atoms with van der Waals surface area (Å²) in [6, 6.07) is 7.30. The van der Waals surface area contributed by atoms with Gasteiger partial charge in [-0.3, -0.25) is 0 Å². The van der Waals surface area contributed by atoms with E-state index in [1.807, 2.05) is 0 Å². The van der Waals surface area contributed by atoms with Crippen LogP contribution in [0.2, 0.25) is 0 Å². The van der Waals surface area contributed by atoms with Gasteiger partial charge in [-0.1, -0.05) is 45.4 Å². The summed E-state index contributed by atoms with van der Waals surface area (Å²) in [6.07, 6.45) is 3.69. The molecule has 1 unspecified atom stereocenters. The van der Waals surface area contributed by atoms with Crippen LogP contribution in [-0.4, -0.2) is 6.04 Å². The predicted molar refractivity (Wildman–Crippen MR) is 71.8 cm³/mol. The molecule has 2 rings (SSSR count). The molecule has 1 aromatic rings. The Morgan fingerprint density at radius 1 is 1.25 bits per heavy atom. The Balaban J connectivity index is 0.000000386. The molecule has 1 aliphatic rings. The Kier molecular flexibility index (Phi) is 5.54. The first-order valence-electron chi connectivity index (χ1n) is 6.53. The second-order valence-corrected chi connectivity index (χ2v) is 4.61. The third-order valence-corrected chi connectivity index (χ3v) is 3.03. The van der Waals surface area contributed by atoms with Crippen molar-refractivity contribution in [2.45, 2.75) is 59.5 Å². The average Bonchev–Trinajstić information content (AvgIpc) is 2.30. The highest BCUT2D eigenvalue weighted by Gasteiger charge is 2.16. The number of aryl methyl sites for hydroxylation is 1. The molecule has 0 saturated carbocycles. The van der Waals surface area contributed by atoms with Gasteiger partial charge in [0.1, 0.15) is 0 Å². The van der Waals surface area contributed by atoms with E-state index in [-0.39, 0.29) is 0 Å². The second kappa shape index (κ2) is 6.70. The molecular weight excluding hydrogens is 194 g/mol. The van der Waals surface area contributed by atoms with E-state index in [9.17, 15) is 0 Å². The standard InChI is InChI=1S/C12H17N.C3H8/c1-3-11-7-12-9(2)5-4-6-10(12)8-13-11;1-3-2/h4-6,11,13H,3,7-8H2,1-2H3;3H2,1-2H3. The van der Waals surface area contributed by atoms with Crippen molar-refractivity contribution < 1.29 is 0 Å². The molecule has 0 aliphatic carbocycles. The number of hydrogen-bond donors (Lipinski definition) is 1. The monoisotopic (exact) mass is 219 g/mol. The third-order valence-electron chi connectivity index (χ3n) is 3.03. The van der Waals surface area contributed by atoms with Crippen molar-refractivity contribution >= 4 is 0 Å². The maximum atomic E-state index is 3.55. The van der Waals surface area contributed by atoms with Gasteiger partial charge in [-0.2, -0.15) is 0 Å². The lowest BCUT2D eigenvalue weighted by atomic mass is 9.91. The van der Waals surface area contributed by atoms with Crippen molar-refractivity contribution in [1.29, 1.82) is 0 Å². The summed E-state index contributed by atoms with van der Waals surface area (Å²) in [4.78, 5) is 0. The van der Waals surface area contributed by atoms with Gasteiger partial charge in [0.05, 0.1) is 0 Å². The molecule has 90 valence electrons. The normalized spacial score (nSPS) is 18.4. The van der Waals surface area contributed by atoms with Gasteiger partial charge < -0.3 is 5.32 Å². The minimum absolute atomic E-state index is 0.689. The lowest BCUT2D eigenvalue weighted by Crippen LogP contribution is -2.35. The molecule has 1 aliphatic heterocycles. The molecule has 1 heteroatoms. The van der Waals surface area contributed by atoms with Crippen LogP contribution in [0.15, 0.2) is 18.2 Å². The van der Waals surface area contributed by atoms with Gasteiger partial charge in [0.15, 0.2) is 0 Å². The quantitative estimate of drug-likeness (QED) is 0.757. The molecule has 1 aromatic carbocycles. The van der Waals surface area contributed by atoms with Crippen LogP contribution in [0.5, 0.6) is 0 Å². The van der Waals surface area contributed by atoms with E-state index in [1.165, 1.54) is 30.4 Å². The molecule has 0 amide bonds. The van der Waals surface area contributed by atoms with E-state index < -0.39 is 0 Å². The summed E-state index contributed by atoms with van der Waals surface area (Å²) in [7, 11) is 0. The van der Waals surface area contributed by atoms with Crippen molar-refractivity contribution in [3.8, 4) is 0 Å². The van der Waals surface area contributed by atoms with Crippen molar-refractivity contribution in [2.24, 2.45) is 0 Å². The first kappa shape index (κ1) is 13.2. The maximum Gasteiger partial charge on any atom is 0.0211 e. The number of nitrogens with one attached hydrogen (secondary N) is 1. The van der Waals surface area contributed by atoms with Crippen LogP contribution in [0.25, 0.3) is 0 Å². The average molecular weight is 219 g/mol. The molecule has 0 saturated heterocycles. The second-order valence-electron chi connectivity index (χ2n) is 4.61. The zero-order valence-electron chi connectivity index (χ0n) is 11.1. The highest BCUT2D eigenvalue weighted by molar-refractivity contribution is 5.36. The summed E-state index contributed by atoms with van der Waals surface area (Å²) in [5.41, 5.74) is 4.52. The Labute approximate surface area is 100 Å². The van der Waals surface area contributed by atoms with Crippen molar-refractivity contribution in [2.75, 3.05) is 0 Å². The van der Waals surface area contributed by atoms with Crippen molar-refractivity contribution in [3.05, 3.63) is 34.9 Å². The van der Waals surface area contributed by atoms with Gasteiger partial charge in [-0.05, 0) is 36.5 Å². The Morgan fingerprint density at radius 2 is 1.94 bits per heavy atom. The first-order chi connectivity index (χ1) is 7.72. The van der Waals surface area contributed by atoms with Gasteiger partial charge >= 0.3 is 0 Å². The Morgan fingerprint density at radius 3 is 2.56 bits per heavy atom. The molecule has 16 heavy (non-hydrogen) atoms. The van der Waals surface area contributed by atoms with E-state index in [0.29, 0.717) is 6.04 Å². The largest absolute Gasteiger partial charge is 0.310 e. The summed E-state index contributed by atoms with van der Waals surface area (Å²) in [5.74, 6) is 0. The molecule has 0 fully saturated rings. The fourth-order valence-corrected chi connectivity index (χ4v) is 2.08. The highest BCUT2D eigenvalue weighted by Crippen LogP contribution is 2.21.